The first-order chi connectivity index (χ1) is 8.50. The van der Waals surface area contributed by atoms with E-state index in [0.717, 1.165) is 12.8 Å². The molecule has 2 N–H and O–H groups in total. The van der Waals surface area contributed by atoms with E-state index in [0.29, 0.717) is 18.9 Å². The van der Waals surface area contributed by atoms with Crippen LogP contribution in [0.2, 0.25) is 0 Å². The first kappa shape index (κ1) is 13.5. The van der Waals surface area contributed by atoms with Gasteiger partial charge in [0, 0.05) is 6.54 Å². The molecule has 3 atom stereocenters. The number of ketones is 1. The quantitative estimate of drug-likeness (QED) is 0.787. The molecule has 0 aromatic heterocycles. The number of rotatable bonds is 3. The van der Waals surface area contributed by atoms with Gasteiger partial charge < -0.3 is 15.4 Å². The topological polar surface area (TPSA) is 72.6 Å². The molecule has 2 aliphatic rings. The number of ether oxygens (including phenoxy) is 1. The number of hydrogen-bond acceptors (Lipinski definition) is 4. The van der Waals surface area contributed by atoms with Gasteiger partial charge in [0.2, 0.25) is 5.91 Å². The summed E-state index contributed by atoms with van der Waals surface area (Å²) in [5.74, 6) is 0.294. The molecule has 2 heterocycles. The highest BCUT2D eigenvalue weighted by atomic mass is 16.5. The molecule has 2 saturated heterocycles. The largest absolute Gasteiger partial charge is 0.368 e. The molecule has 3 unspecified atom stereocenters. The van der Waals surface area contributed by atoms with E-state index in [1.54, 1.807) is 4.90 Å². The minimum Gasteiger partial charge on any atom is -0.368 e. The second-order valence-electron chi connectivity index (χ2n) is 5.67. The molecule has 0 saturated carbocycles. The van der Waals surface area contributed by atoms with Gasteiger partial charge in [-0.2, -0.15) is 0 Å². The summed E-state index contributed by atoms with van der Waals surface area (Å²) in [6.45, 7) is 4.84. The van der Waals surface area contributed by atoms with E-state index in [-0.39, 0.29) is 30.4 Å². The molecule has 18 heavy (non-hydrogen) atoms. The zero-order valence-electron chi connectivity index (χ0n) is 11.1. The summed E-state index contributed by atoms with van der Waals surface area (Å²) in [6.07, 6.45) is 2.29. The van der Waals surface area contributed by atoms with Crippen LogP contribution in [0.1, 0.15) is 33.1 Å². The highest BCUT2D eigenvalue weighted by Gasteiger charge is 2.45. The lowest BCUT2D eigenvalue weighted by molar-refractivity contribution is -0.142. The third-order valence-electron chi connectivity index (χ3n) is 3.67. The smallest absolute Gasteiger partial charge is 0.240 e. The predicted octanol–water partition coefficient (Wildman–Crippen LogP) is 0.319. The average Bonchev–Trinajstić information content (AvgIpc) is 2.69. The zero-order valence-corrected chi connectivity index (χ0v) is 11.1. The molecule has 2 fully saturated rings. The Hall–Kier alpha value is -0.940. The molecule has 2 rings (SSSR count). The Morgan fingerprint density at radius 1 is 1.56 bits per heavy atom. The Labute approximate surface area is 108 Å². The van der Waals surface area contributed by atoms with Gasteiger partial charge in [0.25, 0.3) is 0 Å². The second-order valence-corrected chi connectivity index (χ2v) is 5.67. The standard InChI is InChI=1S/C13H22N2O3/c1-8(2)6-9(14)13(17)15-5-3-4-11-12(15)10(16)7-18-11/h8-9,11-12H,3-7,14H2,1-2H3. The highest BCUT2D eigenvalue weighted by molar-refractivity contribution is 5.93. The van der Waals surface area contributed by atoms with E-state index < -0.39 is 6.04 Å². The number of nitrogens with zero attached hydrogens (tertiary/aromatic N) is 1. The molecule has 5 nitrogen and oxygen atoms in total. The number of amides is 1. The maximum absolute atomic E-state index is 12.3. The number of nitrogens with two attached hydrogens (primary N) is 1. The van der Waals surface area contributed by atoms with Crippen LogP contribution in [0.5, 0.6) is 0 Å². The van der Waals surface area contributed by atoms with Crippen molar-refractivity contribution in [1.29, 1.82) is 0 Å². The molecule has 102 valence electrons. The molecule has 0 aliphatic carbocycles. The van der Waals surface area contributed by atoms with Crippen LogP contribution < -0.4 is 5.73 Å². The van der Waals surface area contributed by atoms with Crippen LogP contribution in [-0.2, 0) is 14.3 Å². The monoisotopic (exact) mass is 254 g/mol. The summed E-state index contributed by atoms with van der Waals surface area (Å²) < 4.78 is 5.43. The van der Waals surface area contributed by atoms with Crippen molar-refractivity contribution in [3.8, 4) is 0 Å². The van der Waals surface area contributed by atoms with E-state index in [4.69, 9.17) is 10.5 Å². The summed E-state index contributed by atoms with van der Waals surface area (Å²) in [4.78, 5) is 25.8. The molecule has 0 aromatic rings. The molecule has 0 aromatic carbocycles. The Morgan fingerprint density at radius 3 is 2.94 bits per heavy atom. The number of likely N-dealkylation sites (tertiary alicyclic amines) is 1. The Kier molecular flexibility index (Phi) is 4.02. The Bertz CT molecular complexity index is 343. The van der Waals surface area contributed by atoms with Crippen LogP contribution in [0, 0.1) is 5.92 Å². The fourth-order valence-electron chi connectivity index (χ4n) is 2.86. The summed E-state index contributed by atoms with van der Waals surface area (Å²) in [6, 6.07) is -0.887. The SMILES string of the molecule is CC(C)CC(N)C(=O)N1CCCC2OCC(=O)C21. The van der Waals surface area contributed by atoms with Crippen LogP contribution in [-0.4, -0.2) is 47.9 Å². The van der Waals surface area contributed by atoms with Gasteiger partial charge >= 0.3 is 0 Å². The minimum absolute atomic E-state index is 0.0183. The third kappa shape index (κ3) is 2.57. The molecule has 5 heteroatoms. The number of fused-ring (bicyclic) bond motifs is 1. The number of Topliss-reactive ketones (excluding diaryl/α,β-unsaturated/α-hetero) is 1. The normalized spacial score (nSPS) is 29.6. The summed E-state index contributed by atoms with van der Waals surface area (Å²) in [7, 11) is 0. The summed E-state index contributed by atoms with van der Waals surface area (Å²) in [5.41, 5.74) is 5.93. The third-order valence-corrected chi connectivity index (χ3v) is 3.67. The Morgan fingerprint density at radius 2 is 2.28 bits per heavy atom. The average molecular weight is 254 g/mol. The van der Waals surface area contributed by atoms with Gasteiger partial charge in [-0.1, -0.05) is 13.8 Å². The van der Waals surface area contributed by atoms with E-state index >= 15 is 0 Å². The summed E-state index contributed by atoms with van der Waals surface area (Å²) in [5, 5.41) is 0. The fourth-order valence-corrected chi connectivity index (χ4v) is 2.86. The second kappa shape index (κ2) is 5.36. The fraction of sp³-hybridized carbons (Fsp3) is 0.846. The molecule has 0 spiro atoms. The maximum Gasteiger partial charge on any atom is 0.240 e. The van der Waals surface area contributed by atoms with Gasteiger partial charge in [-0.3, -0.25) is 9.59 Å². The summed E-state index contributed by atoms with van der Waals surface area (Å²) >= 11 is 0. The predicted molar refractivity (Wildman–Crippen MR) is 66.9 cm³/mol. The van der Waals surface area contributed by atoms with Crippen molar-refractivity contribution >= 4 is 11.7 Å². The van der Waals surface area contributed by atoms with E-state index in [2.05, 4.69) is 0 Å². The van der Waals surface area contributed by atoms with Crippen LogP contribution in [0.15, 0.2) is 0 Å². The van der Waals surface area contributed by atoms with Crippen LogP contribution in [0.3, 0.4) is 0 Å². The first-order valence-corrected chi connectivity index (χ1v) is 6.71. The van der Waals surface area contributed by atoms with Gasteiger partial charge in [-0.05, 0) is 25.2 Å². The number of piperidine rings is 1. The first-order valence-electron chi connectivity index (χ1n) is 6.71. The number of hydrogen-bond donors (Lipinski definition) is 1. The number of carbonyl (C=O) groups is 2. The van der Waals surface area contributed by atoms with Crippen LogP contribution >= 0.6 is 0 Å². The Balaban J connectivity index is 2.06. The van der Waals surface area contributed by atoms with Gasteiger partial charge in [0.1, 0.15) is 12.6 Å². The molecular formula is C13H22N2O3. The van der Waals surface area contributed by atoms with Crippen LogP contribution in [0.25, 0.3) is 0 Å². The van der Waals surface area contributed by atoms with Gasteiger partial charge in [0.05, 0.1) is 12.1 Å². The zero-order chi connectivity index (χ0) is 13.3. The van der Waals surface area contributed by atoms with Gasteiger partial charge in [-0.25, -0.2) is 0 Å². The molecule has 0 bridgehead atoms. The highest BCUT2D eigenvalue weighted by Crippen LogP contribution is 2.27. The molecule has 2 aliphatic heterocycles. The van der Waals surface area contributed by atoms with Crippen molar-refractivity contribution in [2.24, 2.45) is 11.7 Å². The van der Waals surface area contributed by atoms with E-state index in [1.807, 2.05) is 13.8 Å². The molecular weight excluding hydrogens is 232 g/mol. The maximum atomic E-state index is 12.3. The number of carbonyl (C=O) groups excluding carboxylic acids is 2. The van der Waals surface area contributed by atoms with E-state index in [1.165, 1.54) is 0 Å². The van der Waals surface area contributed by atoms with Crippen molar-refractivity contribution in [3.05, 3.63) is 0 Å². The van der Waals surface area contributed by atoms with Crippen molar-refractivity contribution < 1.29 is 14.3 Å². The van der Waals surface area contributed by atoms with Gasteiger partial charge in [0.15, 0.2) is 5.78 Å². The van der Waals surface area contributed by atoms with Crippen molar-refractivity contribution in [1.82, 2.24) is 4.90 Å². The lowest BCUT2D eigenvalue weighted by atomic mass is 9.95. The van der Waals surface area contributed by atoms with Crippen molar-refractivity contribution in [2.75, 3.05) is 13.2 Å². The van der Waals surface area contributed by atoms with Crippen molar-refractivity contribution in [3.63, 3.8) is 0 Å². The molecule has 1 amide bonds. The lowest BCUT2D eigenvalue weighted by Gasteiger charge is -2.37. The van der Waals surface area contributed by atoms with Gasteiger partial charge in [-0.15, -0.1) is 0 Å². The van der Waals surface area contributed by atoms with Crippen molar-refractivity contribution in [2.45, 2.75) is 51.3 Å². The lowest BCUT2D eigenvalue weighted by Crippen LogP contribution is -2.56. The molecule has 0 radical (unpaired) electrons. The van der Waals surface area contributed by atoms with E-state index in [9.17, 15) is 9.59 Å². The van der Waals surface area contributed by atoms with Crippen LogP contribution in [0.4, 0.5) is 0 Å². The minimum atomic E-state index is -0.503.